The van der Waals surface area contributed by atoms with Crippen molar-refractivity contribution in [2.45, 2.75) is 13.3 Å². The highest BCUT2D eigenvalue weighted by atomic mass is 19.1. The van der Waals surface area contributed by atoms with Gasteiger partial charge in [-0.1, -0.05) is 12.1 Å². The maximum atomic E-state index is 14.0. The number of aromatic amines is 2. The number of aliphatic imine (C=N–C) groups is 1. The highest BCUT2D eigenvalue weighted by Gasteiger charge is 2.19. The molecule has 0 fully saturated rings. The van der Waals surface area contributed by atoms with E-state index < -0.39 is 22.9 Å². The van der Waals surface area contributed by atoms with Crippen LogP contribution in [0, 0.1) is 5.82 Å². The smallest absolute Gasteiger partial charge is 0.335 e. The standard InChI is InChI=1S/C17H16FN5O3/c1-10(20-7-6-11-8-19-9-21-11)14-15(24)22-17(26)23(16(14)25)13-5-3-2-4-12(13)18/h2-5,8-9,25H,6-7H2,1H3,(H,19,21)(H,22,24,26). The molecule has 2 heterocycles. The van der Waals surface area contributed by atoms with E-state index in [1.54, 1.807) is 12.5 Å². The summed E-state index contributed by atoms with van der Waals surface area (Å²) >= 11 is 0. The highest BCUT2D eigenvalue weighted by molar-refractivity contribution is 6.00. The number of hydrogen-bond acceptors (Lipinski definition) is 5. The highest BCUT2D eigenvalue weighted by Crippen LogP contribution is 2.19. The van der Waals surface area contributed by atoms with Crippen molar-refractivity contribution in [1.82, 2.24) is 19.5 Å². The van der Waals surface area contributed by atoms with Crippen LogP contribution in [0.2, 0.25) is 0 Å². The van der Waals surface area contributed by atoms with Crippen molar-refractivity contribution in [3.8, 4) is 11.6 Å². The zero-order valence-electron chi connectivity index (χ0n) is 13.9. The summed E-state index contributed by atoms with van der Waals surface area (Å²) in [5, 5.41) is 10.5. The summed E-state index contributed by atoms with van der Waals surface area (Å²) in [7, 11) is 0. The normalized spacial score (nSPS) is 11.7. The number of para-hydroxylation sites is 1. The maximum Gasteiger partial charge on any atom is 0.335 e. The van der Waals surface area contributed by atoms with Crippen LogP contribution >= 0.6 is 0 Å². The molecule has 1 aromatic carbocycles. The van der Waals surface area contributed by atoms with Crippen molar-refractivity contribution >= 4 is 5.71 Å². The number of halogens is 1. The molecule has 3 rings (SSSR count). The minimum Gasteiger partial charge on any atom is -0.493 e. The molecule has 0 aliphatic heterocycles. The van der Waals surface area contributed by atoms with E-state index in [9.17, 15) is 19.1 Å². The first-order valence-corrected chi connectivity index (χ1v) is 7.81. The number of imidazole rings is 1. The van der Waals surface area contributed by atoms with Crippen LogP contribution in [0.4, 0.5) is 4.39 Å². The lowest BCUT2D eigenvalue weighted by Gasteiger charge is -2.12. The Labute approximate surface area is 146 Å². The zero-order chi connectivity index (χ0) is 18.7. The van der Waals surface area contributed by atoms with Crippen molar-refractivity contribution in [2.75, 3.05) is 6.54 Å². The molecule has 0 bridgehead atoms. The minimum absolute atomic E-state index is 0.169. The van der Waals surface area contributed by atoms with Gasteiger partial charge in [-0.3, -0.25) is 14.8 Å². The van der Waals surface area contributed by atoms with Gasteiger partial charge in [0.15, 0.2) is 0 Å². The quantitative estimate of drug-likeness (QED) is 0.594. The van der Waals surface area contributed by atoms with E-state index in [1.807, 2.05) is 0 Å². The molecular weight excluding hydrogens is 341 g/mol. The van der Waals surface area contributed by atoms with E-state index in [0.717, 1.165) is 11.8 Å². The molecule has 0 spiro atoms. The van der Waals surface area contributed by atoms with Gasteiger partial charge in [0.2, 0.25) is 5.88 Å². The summed E-state index contributed by atoms with van der Waals surface area (Å²) < 4.78 is 14.7. The Bertz CT molecular complexity index is 1070. The minimum atomic E-state index is -0.938. The Balaban J connectivity index is 2.02. The second-order valence-electron chi connectivity index (χ2n) is 5.54. The molecule has 8 nitrogen and oxygen atoms in total. The molecule has 2 aromatic heterocycles. The molecule has 9 heteroatoms. The Morgan fingerprint density at radius 2 is 2.12 bits per heavy atom. The molecule has 26 heavy (non-hydrogen) atoms. The number of rotatable bonds is 5. The van der Waals surface area contributed by atoms with E-state index in [1.165, 1.54) is 25.1 Å². The van der Waals surface area contributed by atoms with Gasteiger partial charge in [0.05, 0.1) is 12.0 Å². The predicted octanol–water partition coefficient (Wildman–Crippen LogP) is 1.15. The van der Waals surface area contributed by atoms with E-state index in [4.69, 9.17) is 0 Å². The average Bonchev–Trinajstić information content (AvgIpc) is 3.09. The Morgan fingerprint density at radius 3 is 2.81 bits per heavy atom. The zero-order valence-corrected chi connectivity index (χ0v) is 13.9. The van der Waals surface area contributed by atoms with Crippen molar-refractivity contribution in [1.29, 1.82) is 0 Å². The summed E-state index contributed by atoms with van der Waals surface area (Å²) in [5.74, 6) is -1.37. The van der Waals surface area contributed by atoms with Gasteiger partial charge in [-0.25, -0.2) is 18.7 Å². The number of nitrogens with zero attached hydrogens (tertiary/aromatic N) is 3. The fourth-order valence-electron chi connectivity index (χ4n) is 2.55. The molecule has 0 amide bonds. The van der Waals surface area contributed by atoms with Crippen LogP contribution in [0.25, 0.3) is 5.69 Å². The van der Waals surface area contributed by atoms with Crippen molar-refractivity contribution in [3.05, 3.63) is 74.7 Å². The summed E-state index contributed by atoms with van der Waals surface area (Å²) in [6.07, 6.45) is 3.77. The fraction of sp³-hybridized carbons (Fsp3) is 0.176. The third-order valence-electron chi connectivity index (χ3n) is 3.83. The van der Waals surface area contributed by atoms with Crippen LogP contribution in [0.1, 0.15) is 18.2 Å². The molecule has 134 valence electrons. The summed E-state index contributed by atoms with van der Waals surface area (Å²) in [5.41, 5.74) is -0.978. The van der Waals surface area contributed by atoms with Gasteiger partial charge >= 0.3 is 5.69 Å². The third-order valence-corrected chi connectivity index (χ3v) is 3.83. The monoisotopic (exact) mass is 357 g/mol. The summed E-state index contributed by atoms with van der Waals surface area (Å²) in [4.78, 5) is 37.4. The van der Waals surface area contributed by atoms with Crippen molar-refractivity contribution < 1.29 is 9.50 Å². The molecule has 0 saturated carbocycles. The second-order valence-corrected chi connectivity index (χ2v) is 5.54. The number of hydrogen-bond donors (Lipinski definition) is 3. The van der Waals surface area contributed by atoms with Gasteiger partial charge in [-0.2, -0.15) is 0 Å². The number of aromatic nitrogens is 4. The molecule has 0 aliphatic carbocycles. The SMILES string of the molecule is CC(=NCCc1cnc[nH]1)c1c(O)n(-c2ccccc2F)c(=O)[nH]c1=O. The molecule has 3 N–H and O–H groups in total. The first-order valence-electron chi connectivity index (χ1n) is 7.81. The van der Waals surface area contributed by atoms with E-state index in [2.05, 4.69) is 19.9 Å². The molecule has 0 saturated heterocycles. The fourth-order valence-corrected chi connectivity index (χ4v) is 2.55. The van der Waals surface area contributed by atoms with Crippen molar-refractivity contribution in [3.63, 3.8) is 0 Å². The largest absolute Gasteiger partial charge is 0.493 e. The summed E-state index contributed by atoms with van der Waals surface area (Å²) in [6, 6.07) is 5.44. The van der Waals surface area contributed by atoms with Crippen LogP contribution < -0.4 is 11.2 Å². The Morgan fingerprint density at radius 1 is 1.35 bits per heavy atom. The predicted molar refractivity (Wildman–Crippen MR) is 93.7 cm³/mol. The number of nitrogens with one attached hydrogen (secondary N) is 2. The van der Waals surface area contributed by atoms with Crippen LogP contribution in [0.3, 0.4) is 0 Å². The molecule has 0 atom stereocenters. The molecule has 0 aliphatic rings. The van der Waals surface area contributed by atoms with E-state index in [0.29, 0.717) is 17.5 Å². The number of aromatic hydroxyl groups is 1. The van der Waals surface area contributed by atoms with Gasteiger partial charge in [-0.15, -0.1) is 0 Å². The topological polar surface area (TPSA) is 116 Å². The van der Waals surface area contributed by atoms with Gasteiger partial charge in [0, 0.05) is 30.6 Å². The Hall–Kier alpha value is -3.49. The van der Waals surface area contributed by atoms with Crippen molar-refractivity contribution in [2.24, 2.45) is 4.99 Å². The van der Waals surface area contributed by atoms with Crippen LogP contribution in [0.5, 0.6) is 5.88 Å². The number of benzene rings is 1. The van der Waals surface area contributed by atoms with Gasteiger partial charge in [-0.05, 0) is 19.1 Å². The van der Waals surface area contributed by atoms with E-state index in [-0.39, 0.29) is 17.0 Å². The first-order chi connectivity index (χ1) is 12.5. The molecule has 3 aromatic rings. The molecule has 0 radical (unpaired) electrons. The van der Waals surface area contributed by atoms with Gasteiger partial charge < -0.3 is 10.1 Å². The second kappa shape index (κ2) is 7.18. The summed E-state index contributed by atoms with van der Waals surface area (Å²) in [6.45, 7) is 1.87. The average molecular weight is 357 g/mol. The van der Waals surface area contributed by atoms with Crippen LogP contribution in [-0.2, 0) is 6.42 Å². The van der Waals surface area contributed by atoms with Gasteiger partial charge in [0.1, 0.15) is 11.4 Å². The van der Waals surface area contributed by atoms with Crippen LogP contribution in [-0.4, -0.2) is 36.9 Å². The van der Waals surface area contributed by atoms with Gasteiger partial charge in [0.25, 0.3) is 5.56 Å². The molecular formula is C17H16FN5O3. The third kappa shape index (κ3) is 3.32. The van der Waals surface area contributed by atoms with E-state index >= 15 is 0 Å². The lowest BCUT2D eigenvalue weighted by molar-refractivity contribution is 0.426. The molecule has 0 unspecified atom stereocenters. The lowest BCUT2D eigenvalue weighted by atomic mass is 10.2. The first kappa shape index (κ1) is 17.3. The van der Waals surface area contributed by atoms with Crippen LogP contribution in [0.15, 0.2) is 51.4 Å². The lowest BCUT2D eigenvalue weighted by Crippen LogP contribution is -2.33. The maximum absolute atomic E-state index is 14.0. The Kier molecular flexibility index (Phi) is 4.78. The number of H-pyrrole nitrogens is 2.